The highest BCUT2D eigenvalue weighted by Gasteiger charge is 2.10. The number of nitrogens with one attached hydrogen (secondary N) is 2. The van der Waals surface area contributed by atoms with Crippen molar-refractivity contribution >= 4 is 17.3 Å². The van der Waals surface area contributed by atoms with E-state index in [9.17, 15) is 0 Å². The molecule has 2 rings (SSSR count). The number of unbranched alkanes of at least 4 members (excludes halogenated alkanes) is 1. The summed E-state index contributed by atoms with van der Waals surface area (Å²) in [4.78, 5) is 9.73. The first kappa shape index (κ1) is 18.3. The van der Waals surface area contributed by atoms with Crippen molar-refractivity contribution in [3.8, 4) is 0 Å². The average Bonchev–Trinajstić information content (AvgIpc) is 3.17. The highest BCUT2D eigenvalue weighted by molar-refractivity contribution is 7.11. The molecule has 5 heteroatoms. The van der Waals surface area contributed by atoms with Crippen LogP contribution in [0, 0.1) is 6.92 Å². The summed E-state index contributed by atoms with van der Waals surface area (Å²) < 4.78 is 0. The summed E-state index contributed by atoms with van der Waals surface area (Å²) in [5.74, 6) is 0.923. The molecule has 23 heavy (non-hydrogen) atoms. The lowest BCUT2D eigenvalue weighted by Crippen LogP contribution is -2.43. The Kier molecular flexibility index (Phi) is 7.89. The van der Waals surface area contributed by atoms with Crippen LogP contribution >= 0.6 is 11.3 Å². The molecule has 0 aromatic carbocycles. The zero-order valence-corrected chi connectivity index (χ0v) is 15.7. The lowest BCUT2D eigenvalue weighted by atomic mass is 10.2. The number of hydrogen-bond donors (Lipinski definition) is 2. The van der Waals surface area contributed by atoms with Crippen LogP contribution in [0.5, 0.6) is 0 Å². The van der Waals surface area contributed by atoms with Gasteiger partial charge in [-0.05, 0) is 71.3 Å². The summed E-state index contributed by atoms with van der Waals surface area (Å²) in [7, 11) is 1.85. The first-order valence-electron chi connectivity index (χ1n) is 8.92. The van der Waals surface area contributed by atoms with Gasteiger partial charge < -0.3 is 15.5 Å². The van der Waals surface area contributed by atoms with Crippen molar-refractivity contribution in [3.05, 3.63) is 21.9 Å². The minimum Gasteiger partial charge on any atom is -0.356 e. The van der Waals surface area contributed by atoms with Gasteiger partial charge in [0.15, 0.2) is 5.96 Å². The molecule has 1 atom stereocenters. The third-order valence-electron chi connectivity index (χ3n) is 4.30. The van der Waals surface area contributed by atoms with Crippen molar-refractivity contribution in [2.24, 2.45) is 4.99 Å². The van der Waals surface area contributed by atoms with Crippen molar-refractivity contribution in [2.45, 2.75) is 52.0 Å². The maximum atomic E-state index is 4.34. The number of rotatable bonds is 8. The number of nitrogens with zero attached hydrogens (tertiary/aromatic N) is 2. The average molecular weight is 337 g/mol. The van der Waals surface area contributed by atoms with Crippen molar-refractivity contribution in [3.63, 3.8) is 0 Å². The molecule has 2 N–H and O–H groups in total. The standard InChI is InChI=1S/C18H32N4S/c1-15(14-17-9-8-16(2)23-17)21-18(19-3)20-10-4-5-11-22-12-6-7-13-22/h8-9,15H,4-7,10-14H2,1-3H3,(H2,19,20,21). The summed E-state index contributed by atoms with van der Waals surface area (Å²) in [6, 6.07) is 4.82. The van der Waals surface area contributed by atoms with Gasteiger partial charge in [0.25, 0.3) is 0 Å². The zero-order valence-electron chi connectivity index (χ0n) is 14.9. The summed E-state index contributed by atoms with van der Waals surface area (Å²) in [5, 5.41) is 6.93. The molecule has 2 heterocycles. The molecule has 1 aromatic heterocycles. The van der Waals surface area contributed by atoms with Gasteiger partial charge in [-0.1, -0.05) is 0 Å². The minimum absolute atomic E-state index is 0.392. The molecule has 0 spiro atoms. The van der Waals surface area contributed by atoms with Crippen LogP contribution in [-0.4, -0.2) is 50.1 Å². The Bertz CT molecular complexity index is 477. The van der Waals surface area contributed by atoms with E-state index in [1.54, 1.807) is 0 Å². The number of thiophene rings is 1. The number of hydrogen-bond acceptors (Lipinski definition) is 3. The third-order valence-corrected chi connectivity index (χ3v) is 5.33. The van der Waals surface area contributed by atoms with Gasteiger partial charge in [0.05, 0.1) is 0 Å². The number of aryl methyl sites for hydroxylation is 1. The van der Waals surface area contributed by atoms with E-state index in [0.29, 0.717) is 6.04 Å². The SMILES string of the molecule is CN=C(NCCCCN1CCCC1)NC(C)Cc1ccc(C)s1. The Hall–Kier alpha value is -1.07. The quantitative estimate of drug-likeness (QED) is 0.435. The monoisotopic (exact) mass is 336 g/mol. The highest BCUT2D eigenvalue weighted by Crippen LogP contribution is 2.16. The van der Waals surface area contributed by atoms with E-state index >= 15 is 0 Å². The highest BCUT2D eigenvalue weighted by atomic mass is 32.1. The van der Waals surface area contributed by atoms with Crippen LogP contribution in [0.2, 0.25) is 0 Å². The number of guanidine groups is 1. The molecule has 1 fully saturated rings. The molecule has 1 aliphatic rings. The Morgan fingerprint density at radius 1 is 1.30 bits per heavy atom. The molecule has 0 amide bonds. The minimum atomic E-state index is 0.392. The number of aliphatic imine (C=N–C) groups is 1. The summed E-state index contributed by atoms with van der Waals surface area (Å²) in [5.41, 5.74) is 0. The molecular weight excluding hydrogens is 304 g/mol. The van der Waals surface area contributed by atoms with Gasteiger partial charge in [-0.25, -0.2) is 0 Å². The van der Waals surface area contributed by atoms with Crippen molar-refractivity contribution in [2.75, 3.05) is 33.2 Å². The second-order valence-electron chi connectivity index (χ2n) is 6.52. The van der Waals surface area contributed by atoms with Crippen LogP contribution < -0.4 is 10.6 Å². The Balaban J connectivity index is 1.58. The molecule has 0 saturated carbocycles. The maximum Gasteiger partial charge on any atom is 0.191 e. The molecule has 1 aliphatic heterocycles. The Morgan fingerprint density at radius 2 is 2.09 bits per heavy atom. The van der Waals surface area contributed by atoms with Gasteiger partial charge >= 0.3 is 0 Å². The van der Waals surface area contributed by atoms with E-state index < -0.39 is 0 Å². The van der Waals surface area contributed by atoms with Crippen LogP contribution in [0.1, 0.15) is 42.4 Å². The molecule has 0 aliphatic carbocycles. The summed E-state index contributed by atoms with van der Waals surface area (Å²) >= 11 is 1.88. The van der Waals surface area contributed by atoms with Gasteiger partial charge in [-0.2, -0.15) is 0 Å². The van der Waals surface area contributed by atoms with E-state index in [-0.39, 0.29) is 0 Å². The topological polar surface area (TPSA) is 39.7 Å². The second kappa shape index (κ2) is 9.93. The molecule has 130 valence electrons. The summed E-state index contributed by atoms with van der Waals surface area (Å²) in [6.45, 7) is 9.23. The van der Waals surface area contributed by atoms with Crippen LogP contribution in [0.4, 0.5) is 0 Å². The maximum absolute atomic E-state index is 4.34. The second-order valence-corrected chi connectivity index (χ2v) is 7.89. The van der Waals surface area contributed by atoms with Crippen LogP contribution in [0.15, 0.2) is 17.1 Å². The predicted molar refractivity (Wildman–Crippen MR) is 102 cm³/mol. The van der Waals surface area contributed by atoms with Crippen LogP contribution in [0.3, 0.4) is 0 Å². The molecule has 1 unspecified atom stereocenters. The van der Waals surface area contributed by atoms with Crippen molar-refractivity contribution in [1.29, 1.82) is 0 Å². The van der Waals surface area contributed by atoms with E-state index in [2.05, 4.69) is 46.5 Å². The molecular formula is C18H32N4S. The van der Waals surface area contributed by atoms with Crippen molar-refractivity contribution < 1.29 is 0 Å². The summed E-state index contributed by atoms with van der Waals surface area (Å²) in [6.07, 6.45) is 6.30. The van der Waals surface area contributed by atoms with Gasteiger partial charge in [0.1, 0.15) is 0 Å². The van der Waals surface area contributed by atoms with Gasteiger partial charge in [-0.3, -0.25) is 4.99 Å². The normalized spacial score (nSPS) is 17.4. The first-order chi connectivity index (χ1) is 11.2. The van der Waals surface area contributed by atoms with Gasteiger partial charge in [0.2, 0.25) is 0 Å². The molecule has 4 nitrogen and oxygen atoms in total. The fraction of sp³-hybridized carbons (Fsp3) is 0.722. The van der Waals surface area contributed by atoms with Gasteiger partial charge in [0, 0.05) is 35.8 Å². The molecule has 0 radical (unpaired) electrons. The Morgan fingerprint density at radius 3 is 2.74 bits per heavy atom. The number of likely N-dealkylation sites (tertiary alicyclic amines) is 1. The third kappa shape index (κ3) is 6.92. The van der Waals surface area contributed by atoms with Gasteiger partial charge in [-0.15, -0.1) is 11.3 Å². The Labute approximate surface area is 145 Å². The van der Waals surface area contributed by atoms with Crippen LogP contribution in [0.25, 0.3) is 0 Å². The first-order valence-corrected chi connectivity index (χ1v) is 9.74. The fourth-order valence-corrected chi connectivity index (χ4v) is 4.07. The molecule has 0 bridgehead atoms. The molecule has 1 aromatic rings. The fourth-order valence-electron chi connectivity index (χ4n) is 3.05. The van der Waals surface area contributed by atoms with E-state index in [1.807, 2.05) is 18.4 Å². The smallest absolute Gasteiger partial charge is 0.191 e. The van der Waals surface area contributed by atoms with Crippen LogP contribution in [-0.2, 0) is 6.42 Å². The zero-order chi connectivity index (χ0) is 16.5. The lowest BCUT2D eigenvalue weighted by Gasteiger charge is -2.18. The molecule has 1 saturated heterocycles. The predicted octanol–water partition coefficient (Wildman–Crippen LogP) is 3.03. The lowest BCUT2D eigenvalue weighted by molar-refractivity contribution is 0.330. The van der Waals surface area contributed by atoms with Crippen molar-refractivity contribution in [1.82, 2.24) is 15.5 Å². The largest absolute Gasteiger partial charge is 0.356 e. The van der Waals surface area contributed by atoms with E-state index in [1.165, 1.54) is 55.1 Å². The van der Waals surface area contributed by atoms with E-state index in [0.717, 1.165) is 18.9 Å². The van der Waals surface area contributed by atoms with E-state index in [4.69, 9.17) is 0 Å².